The molecule has 0 bridgehead atoms. The highest BCUT2D eigenvalue weighted by Gasteiger charge is 2.12. The summed E-state index contributed by atoms with van der Waals surface area (Å²) in [4.78, 5) is 24.1. The highest BCUT2D eigenvalue weighted by atomic mass is 32.2. The Kier molecular flexibility index (Phi) is 8.65. The quantitative estimate of drug-likeness (QED) is 0.170. The van der Waals surface area contributed by atoms with Crippen LogP contribution in [0.1, 0.15) is 33.6 Å². The molecule has 2 amide bonds. The Balaban J connectivity index is 2.63. The van der Waals surface area contributed by atoms with Gasteiger partial charge in [0.2, 0.25) is 0 Å². The van der Waals surface area contributed by atoms with Gasteiger partial charge in [0.25, 0.3) is 21.9 Å². The number of nitrogens with two attached hydrogens (primary N) is 1. The molecule has 0 saturated heterocycles. The van der Waals surface area contributed by atoms with Gasteiger partial charge in [0.05, 0.1) is 5.75 Å². The molecule has 1 rings (SSSR count). The average Bonchev–Trinajstić information content (AvgIpc) is 2.53. The predicted molar refractivity (Wildman–Crippen MR) is 95.0 cm³/mol. The van der Waals surface area contributed by atoms with E-state index < -0.39 is 38.8 Å². The first-order valence-corrected chi connectivity index (χ1v) is 10.4. The summed E-state index contributed by atoms with van der Waals surface area (Å²) < 4.78 is 50.7. The number of carbonyl (C=O) groups is 2. The Morgan fingerprint density at radius 2 is 1.58 bits per heavy atom. The molecule has 0 aliphatic carbocycles. The molecule has 0 heterocycles. The molecule has 0 radical (unpaired) electrons. The molecule has 0 saturated carbocycles. The van der Waals surface area contributed by atoms with Gasteiger partial charge in [0.15, 0.2) is 0 Å². The Labute approximate surface area is 153 Å². The van der Waals surface area contributed by atoms with Crippen molar-refractivity contribution in [2.45, 2.75) is 12.8 Å². The molecule has 26 heavy (non-hydrogen) atoms. The maximum atomic E-state index is 12.1. The van der Waals surface area contributed by atoms with Crippen LogP contribution >= 0.6 is 0 Å². The van der Waals surface area contributed by atoms with Gasteiger partial charge in [0, 0.05) is 35.7 Å². The smallest absolute Gasteiger partial charge is 0.264 e. The van der Waals surface area contributed by atoms with Crippen LogP contribution < -0.4 is 16.4 Å². The summed E-state index contributed by atoms with van der Waals surface area (Å²) in [6.45, 7) is 0.167. The SMILES string of the molecule is Nc1cc(C(=O)NCCCS(=O)[O-])cc(C(=O)NCCCS(=O)(=O)O)c1. The molecular formula is C14H20N3O7S2-. The van der Waals surface area contributed by atoms with Gasteiger partial charge in [-0.1, -0.05) is 11.1 Å². The lowest BCUT2D eigenvalue weighted by molar-refractivity contribution is 0.0953. The number of nitrogen functional groups attached to an aromatic ring is 1. The Morgan fingerprint density at radius 1 is 1.08 bits per heavy atom. The van der Waals surface area contributed by atoms with Crippen molar-refractivity contribution in [2.75, 3.05) is 30.3 Å². The summed E-state index contributed by atoms with van der Waals surface area (Å²) >= 11 is -2.18. The van der Waals surface area contributed by atoms with E-state index in [2.05, 4.69) is 10.6 Å². The first kappa shape index (κ1) is 22.0. The number of rotatable bonds is 10. The largest absolute Gasteiger partial charge is 0.772 e. The second-order valence-corrected chi connectivity index (χ2v) is 7.94. The molecule has 12 heteroatoms. The topological polar surface area (TPSA) is 179 Å². The highest BCUT2D eigenvalue weighted by molar-refractivity contribution is 7.85. The summed E-state index contributed by atoms with van der Waals surface area (Å²) in [5, 5.41) is 4.98. The first-order valence-electron chi connectivity index (χ1n) is 7.56. The monoisotopic (exact) mass is 406 g/mol. The van der Waals surface area contributed by atoms with Crippen LogP contribution in [0.2, 0.25) is 0 Å². The molecule has 0 aliphatic rings. The summed E-state index contributed by atoms with van der Waals surface area (Å²) in [7, 11) is -4.09. The van der Waals surface area contributed by atoms with E-state index in [-0.39, 0.29) is 48.5 Å². The van der Waals surface area contributed by atoms with Crippen molar-refractivity contribution in [3.8, 4) is 0 Å². The summed E-state index contributed by atoms with van der Waals surface area (Å²) in [6.07, 6.45) is 0.284. The number of hydrogen-bond donors (Lipinski definition) is 4. The molecule has 146 valence electrons. The number of benzene rings is 1. The van der Waals surface area contributed by atoms with Crippen molar-refractivity contribution in [3.63, 3.8) is 0 Å². The van der Waals surface area contributed by atoms with E-state index >= 15 is 0 Å². The third-order valence-electron chi connectivity index (χ3n) is 3.12. The number of carbonyl (C=O) groups excluding carboxylic acids is 2. The molecule has 10 nitrogen and oxygen atoms in total. The maximum absolute atomic E-state index is 12.1. The van der Waals surface area contributed by atoms with Crippen molar-refractivity contribution >= 4 is 38.7 Å². The first-order chi connectivity index (χ1) is 12.1. The molecule has 1 unspecified atom stereocenters. The number of nitrogens with one attached hydrogen (secondary N) is 2. The standard InChI is InChI=1S/C14H21N3O7S2/c15-12-8-10(13(18)16-3-1-5-25(20)21)7-11(9-12)14(19)17-4-2-6-26(22,23)24/h7-9H,1-6,15H2,(H,16,18)(H,17,19)(H,20,21)(H,22,23,24)/p-1. The summed E-state index contributed by atoms with van der Waals surface area (Å²) in [5.41, 5.74) is 6.12. The molecule has 0 spiro atoms. The van der Waals surface area contributed by atoms with Crippen LogP contribution in [-0.2, 0) is 21.2 Å². The molecule has 1 aromatic rings. The van der Waals surface area contributed by atoms with Gasteiger partial charge >= 0.3 is 0 Å². The molecule has 1 aromatic carbocycles. The normalized spacial score (nSPS) is 12.4. The molecule has 0 fully saturated rings. The van der Waals surface area contributed by atoms with Gasteiger partial charge in [0.1, 0.15) is 0 Å². The Morgan fingerprint density at radius 3 is 2.04 bits per heavy atom. The van der Waals surface area contributed by atoms with Crippen LogP contribution in [0.3, 0.4) is 0 Å². The van der Waals surface area contributed by atoms with Crippen LogP contribution in [0.15, 0.2) is 18.2 Å². The zero-order valence-electron chi connectivity index (χ0n) is 13.8. The van der Waals surface area contributed by atoms with Gasteiger partial charge in [-0.05, 0) is 31.0 Å². The predicted octanol–water partition coefficient (Wildman–Crippen LogP) is -0.724. The van der Waals surface area contributed by atoms with Crippen LogP contribution in [0.25, 0.3) is 0 Å². The van der Waals surface area contributed by atoms with E-state index in [0.717, 1.165) is 0 Å². The van der Waals surface area contributed by atoms with E-state index in [0.29, 0.717) is 0 Å². The third kappa shape index (κ3) is 8.89. The van der Waals surface area contributed by atoms with Gasteiger partial charge in [-0.25, -0.2) is 0 Å². The minimum atomic E-state index is -4.09. The fraction of sp³-hybridized carbons (Fsp3) is 0.429. The molecular weight excluding hydrogens is 386 g/mol. The fourth-order valence-corrected chi connectivity index (χ4v) is 2.86. The van der Waals surface area contributed by atoms with Crippen LogP contribution in [0, 0.1) is 0 Å². The molecule has 0 aliphatic heterocycles. The van der Waals surface area contributed by atoms with Crippen LogP contribution in [-0.4, -0.2) is 58.1 Å². The van der Waals surface area contributed by atoms with Crippen molar-refractivity contribution in [1.82, 2.24) is 10.6 Å². The summed E-state index contributed by atoms with van der Waals surface area (Å²) in [5.74, 6) is -1.61. The van der Waals surface area contributed by atoms with Crippen molar-refractivity contribution < 1.29 is 31.3 Å². The van der Waals surface area contributed by atoms with E-state index in [4.69, 9.17) is 10.3 Å². The molecule has 5 N–H and O–H groups in total. The number of anilines is 1. The van der Waals surface area contributed by atoms with Crippen molar-refractivity contribution in [3.05, 3.63) is 29.3 Å². The third-order valence-corrected chi connectivity index (χ3v) is 4.54. The zero-order chi connectivity index (χ0) is 19.7. The van der Waals surface area contributed by atoms with E-state index in [9.17, 15) is 26.8 Å². The van der Waals surface area contributed by atoms with E-state index in [1.54, 1.807) is 0 Å². The Hall–Kier alpha value is -2.02. The van der Waals surface area contributed by atoms with E-state index in [1.165, 1.54) is 18.2 Å². The lowest BCUT2D eigenvalue weighted by Gasteiger charge is -2.10. The highest BCUT2D eigenvalue weighted by Crippen LogP contribution is 2.12. The van der Waals surface area contributed by atoms with Gasteiger partial charge in [-0.3, -0.25) is 18.4 Å². The lowest BCUT2D eigenvalue weighted by atomic mass is 10.1. The van der Waals surface area contributed by atoms with E-state index in [1.807, 2.05) is 0 Å². The molecule has 1 atom stereocenters. The second kappa shape index (κ2) is 10.2. The van der Waals surface area contributed by atoms with Gasteiger partial charge in [-0.2, -0.15) is 8.42 Å². The minimum absolute atomic E-state index is 0.0152. The zero-order valence-corrected chi connectivity index (χ0v) is 15.4. The van der Waals surface area contributed by atoms with Gasteiger partial charge in [-0.15, -0.1) is 0 Å². The Bertz CT molecular complexity index is 781. The van der Waals surface area contributed by atoms with Crippen LogP contribution in [0.5, 0.6) is 0 Å². The summed E-state index contributed by atoms with van der Waals surface area (Å²) in [6, 6.07) is 4.04. The number of hydrogen-bond acceptors (Lipinski definition) is 7. The van der Waals surface area contributed by atoms with Gasteiger partial charge < -0.3 is 20.9 Å². The van der Waals surface area contributed by atoms with Crippen LogP contribution in [0.4, 0.5) is 5.69 Å². The minimum Gasteiger partial charge on any atom is -0.772 e. The maximum Gasteiger partial charge on any atom is 0.264 e. The lowest BCUT2D eigenvalue weighted by Crippen LogP contribution is -2.28. The van der Waals surface area contributed by atoms with Crippen molar-refractivity contribution in [1.29, 1.82) is 0 Å². The second-order valence-electron chi connectivity index (χ2n) is 5.36. The fourth-order valence-electron chi connectivity index (χ4n) is 1.97. The average molecular weight is 406 g/mol. The molecule has 0 aromatic heterocycles. The number of amides is 2. The van der Waals surface area contributed by atoms with Crippen molar-refractivity contribution in [2.24, 2.45) is 0 Å².